The Morgan fingerprint density at radius 3 is 2.29 bits per heavy atom. The molecule has 0 saturated carbocycles. The lowest BCUT2D eigenvalue weighted by Crippen LogP contribution is -2.19. The molecule has 0 saturated heterocycles. The second-order valence-corrected chi connectivity index (χ2v) is 4.39. The van der Waals surface area contributed by atoms with Crippen LogP contribution in [-0.4, -0.2) is 18.3 Å². The number of carbonyl (C=O) groups excluding carboxylic acids is 2. The van der Waals surface area contributed by atoms with Crippen LogP contribution in [0.3, 0.4) is 0 Å². The van der Waals surface area contributed by atoms with E-state index in [1.54, 1.807) is 30.3 Å². The van der Waals surface area contributed by atoms with E-state index in [0.29, 0.717) is 11.3 Å². The van der Waals surface area contributed by atoms with E-state index in [2.05, 4.69) is 0 Å². The Hall–Kier alpha value is -2.88. The lowest BCUT2D eigenvalue weighted by molar-refractivity contribution is -0.119. The number of hydrogen-bond donors (Lipinski definition) is 1. The number of amides is 1. The van der Waals surface area contributed by atoms with Gasteiger partial charge in [0.2, 0.25) is 0 Å². The fourth-order valence-corrected chi connectivity index (χ4v) is 1.70. The minimum Gasteiger partial charge on any atom is -0.484 e. The molecule has 2 rings (SSSR count). The monoisotopic (exact) mass is 281 g/mol. The summed E-state index contributed by atoms with van der Waals surface area (Å²) in [5.74, 6) is -0.140. The number of ketones is 1. The SMILES string of the molecule is NC(=O)COc1ccc(C(=O)/C=C/c2ccccc2)cc1. The molecule has 4 heteroatoms. The Kier molecular flexibility index (Phi) is 4.88. The first-order chi connectivity index (χ1) is 10.1. The zero-order valence-corrected chi connectivity index (χ0v) is 11.4. The van der Waals surface area contributed by atoms with Crippen LogP contribution in [0.15, 0.2) is 60.7 Å². The third-order valence-corrected chi connectivity index (χ3v) is 2.75. The van der Waals surface area contributed by atoms with Crippen molar-refractivity contribution in [1.82, 2.24) is 0 Å². The van der Waals surface area contributed by atoms with E-state index >= 15 is 0 Å². The quantitative estimate of drug-likeness (QED) is 0.653. The van der Waals surface area contributed by atoms with Crippen molar-refractivity contribution in [3.8, 4) is 5.75 Å². The molecule has 0 atom stereocenters. The zero-order valence-electron chi connectivity index (χ0n) is 11.4. The molecule has 1 amide bonds. The van der Waals surface area contributed by atoms with Gasteiger partial charge in [0.05, 0.1) is 0 Å². The number of rotatable bonds is 6. The molecule has 0 aliphatic carbocycles. The summed E-state index contributed by atoms with van der Waals surface area (Å²) < 4.78 is 5.13. The van der Waals surface area contributed by atoms with Gasteiger partial charge in [-0.3, -0.25) is 9.59 Å². The highest BCUT2D eigenvalue weighted by Gasteiger charge is 2.03. The van der Waals surface area contributed by atoms with Gasteiger partial charge in [-0.1, -0.05) is 36.4 Å². The van der Waals surface area contributed by atoms with E-state index in [-0.39, 0.29) is 12.4 Å². The van der Waals surface area contributed by atoms with Gasteiger partial charge >= 0.3 is 0 Å². The van der Waals surface area contributed by atoms with Crippen molar-refractivity contribution in [2.45, 2.75) is 0 Å². The lowest BCUT2D eigenvalue weighted by Gasteiger charge is -2.03. The van der Waals surface area contributed by atoms with Gasteiger partial charge in [0.15, 0.2) is 12.4 Å². The fourth-order valence-electron chi connectivity index (χ4n) is 1.70. The average molecular weight is 281 g/mol. The summed E-state index contributed by atoms with van der Waals surface area (Å²) in [6.45, 7) is -0.179. The number of hydrogen-bond acceptors (Lipinski definition) is 3. The summed E-state index contributed by atoms with van der Waals surface area (Å²) in [4.78, 5) is 22.6. The van der Waals surface area contributed by atoms with Gasteiger partial charge in [0.1, 0.15) is 5.75 Å². The Labute approximate surface area is 122 Å². The van der Waals surface area contributed by atoms with Crippen LogP contribution in [-0.2, 0) is 4.79 Å². The van der Waals surface area contributed by atoms with Crippen LogP contribution in [0.4, 0.5) is 0 Å². The number of nitrogens with two attached hydrogens (primary N) is 1. The molecule has 0 aromatic heterocycles. The van der Waals surface area contributed by atoms with Crippen LogP contribution in [0, 0.1) is 0 Å². The molecule has 21 heavy (non-hydrogen) atoms. The first-order valence-electron chi connectivity index (χ1n) is 6.44. The topological polar surface area (TPSA) is 69.4 Å². The lowest BCUT2D eigenvalue weighted by atomic mass is 10.1. The highest BCUT2D eigenvalue weighted by Crippen LogP contribution is 2.13. The summed E-state index contributed by atoms with van der Waals surface area (Å²) in [5, 5.41) is 0. The first kappa shape index (κ1) is 14.5. The Bertz CT molecular complexity index is 645. The molecule has 0 aliphatic heterocycles. The summed E-state index contributed by atoms with van der Waals surface area (Å²) in [6.07, 6.45) is 3.29. The molecule has 0 radical (unpaired) electrons. The third kappa shape index (κ3) is 4.62. The van der Waals surface area contributed by atoms with Crippen molar-refractivity contribution in [3.05, 3.63) is 71.8 Å². The third-order valence-electron chi connectivity index (χ3n) is 2.75. The standard InChI is InChI=1S/C17H15NO3/c18-17(20)12-21-15-9-7-14(8-10-15)16(19)11-6-13-4-2-1-3-5-13/h1-11H,12H2,(H2,18,20)/b11-6+. The van der Waals surface area contributed by atoms with Crippen LogP contribution < -0.4 is 10.5 Å². The van der Waals surface area contributed by atoms with Crippen LogP contribution in [0.25, 0.3) is 6.08 Å². The number of ether oxygens (including phenoxy) is 1. The summed E-state index contributed by atoms with van der Waals surface area (Å²) >= 11 is 0. The summed E-state index contributed by atoms with van der Waals surface area (Å²) in [7, 11) is 0. The van der Waals surface area contributed by atoms with Crippen molar-refractivity contribution >= 4 is 17.8 Å². The van der Waals surface area contributed by atoms with Crippen molar-refractivity contribution in [2.75, 3.05) is 6.61 Å². The molecule has 106 valence electrons. The Morgan fingerprint density at radius 1 is 1.00 bits per heavy atom. The molecule has 0 bridgehead atoms. The van der Waals surface area contributed by atoms with Crippen LogP contribution >= 0.6 is 0 Å². The van der Waals surface area contributed by atoms with E-state index in [4.69, 9.17) is 10.5 Å². The highest BCUT2D eigenvalue weighted by molar-refractivity contribution is 6.06. The van der Waals surface area contributed by atoms with Crippen molar-refractivity contribution in [3.63, 3.8) is 0 Å². The van der Waals surface area contributed by atoms with Gasteiger partial charge < -0.3 is 10.5 Å². The van der Waals surface area contributed by atoms with Gasteiger partial charge in [0.25, 0.3) is 5.91 Å². The molecule has 0 unspecified atom stereocenters. The number of carbonyl (C=O) groups is 2. The van der Waals surface area contributed by atoms with Gasteiger partial charge in [0, 0.05) is 5.56 Å². The van der Waals surface area contributed by atoms with Crippen LogP contribution in [0.1, 0.15) is 15.9 Å². The molecular formula is C17H15NO3. The maximum Gasteiger partial charge on any atom is 0.255 e. The fraction of sp³-hybridized carbons (Fsp3) is 0.0588. The predicted molar refractivity (Wildman–Crippen MR) is 80.9 cm³/mol. The number of allylic oxidation sites excluding steroid dienone is 1. The molecule has 0 aliphatic rings. The smallest absolute Gasteiger partial charge is 0.255 e. The van der Waals surface area contributed by atoms with Gasteiger partial charge in [-0.25, -0.2) is 0 Å². The predicted octanol–water partition coefficient (Wildman–Crippen LogP) is 2.45. The minimum absolute atomic E-state index is 0.0969. The molecule has 2 N–H and O–H groups in total. The van der Waals surface area contributed by atoms with Gasteiger partial charge in [-0.15, -0.1) is 0 Å². The maximum atomic E-state index is 12.0. The van der Waals surface area contributed by atoms with E-state index in [0.717, 1.165) is 5.56 Å². The van der Waals surface area contributed by atoms with Crippen molar-refractivity contribution < 1.29 is 14.3 Å². The molecule has 4 nitrogen and oxygen atoms in total. The second-order valence-electron chi connectivity index (χ2n) is 4.39. The molecule has 0 heterocycles. The summed E-state index contributed by atoms with van der Waals surface area (Å²) in [6, 6.07) is 16.1. The van der Waals surface area contributed by atoms with Crippen molar-refractivity contribution in [2.24, 2.45) is 5.73 Å². The second kappa shape index (κ2) is 7.05. The summed E-state index contributed by atoms with van der Waals surface area (Å²) in [5.41, 5.74) is 6.50. The number of primary amides is 1. The van der Waals surface area contributed by atoms with E-state index in [1.165, 1.54) is 6.08 Å². The highest BCUT2D eigenvalue weighted by atomic mass is 16.5. The largest absolute Gasteiger partial charge is 0.484 e. The normalized spacial score (nSPS) is 10.5. The van der Waals surface area contributed by atoms with Crippen LogP contribution in [0.5, 0.6) is 5.75 Å². The molecule has 0 spiro atoms. The van der Waals surface area contributed by atoms with Gasteiger partial charge in [-0.2, -0.15) is 0 Å². The van der Waals surface area contributed by atoms with Crippen LogP contribution in [0.2, 0.25) is 0 Å². The molecule has 0 fully saturated rings. The Morgan fingerprint density at radius 2 is 1.67 bits per heavy atom. The molecule has 2 aromatic rings. The van der Waals surface area contributed by atoms with Crippen molar-refractivity contribution in [1.29, 1.82) is 0 Å². The van der Waals surface area contributed by atoms with E-state index in [9.17, 15) is 9.59 Å². The van der Waals surface area contributed by atoms with E-state index < -0.39 is 5.91 Å². The zero-order chi connectivity index (χ0) is 15.1. The Balaban J connectivity index is 2.00. The minimum atomic E-state index is -0.541. The number of benzene rings is 2. The average Bonchev–Trinajstić information content (AvgIpc) is 2.52. The van der Waals surface area contributed by atoms with Gasteiger partial charge in [-0.05, 0) is 35.9 Å². The van der Waals surface area contributed by atoms with E-state index in [1.807, 2.05) is 30.3 Å². The first-order valence-corrected chi connectivity index (χ1v) is 6.44. The maximum absolute atomic E-state index is 12.0. The molecular weight excluding hydrogens is 266 g/mol. The molecule has 2 aromatic carbocycles.